The van der Waals surface area contributed by atoms with Gasteiger partial charge in [-0.15, -0.1) is 0 Å². The first-order valence-electron chi connectivity index (χ1n) is 5.92. The second-order valence-corrected chi connectivity index (χ2v) is 33.5. The van der Waals surface area contributed by atoms with E-state index in [1.807, 2.05) is 0 Å². The molecule has 7 heteroatoms. The van der Waals surface area contributed by atoms with Crippen molar-refractivity contribution in [1.82, 2.24) is 0 Å². The zero-order chi connectivity index (χ0) is 11.9. The summed E-state index contributed by atoms with van der Waals surface area (Å²) >= 11 is 0. The van der Waals surface area contributed by atoms with Gasteiger partial charge in [0.1, 0.15) is 0 Å². The maximum Gasteiger partial charge on any atom is 4.00 e. The predicted octanol–water partition coefficient (Wildman–Crippen LogP) is -5.33. The van der Waals surface area contributed by atoms with Gasteiger partial charge in [-0.05, 0) is 0 Å². The van der Waals surface area contributed by atoms with E-state index in [2.05, 4.69) is 58.4 Å². The van der Waals surface area contributed by atoms with E-state index >= 15 is 0 Å². The van der Waals surface area contributed by atoms with E-state index in [0.717, 1.165) is 0 Å². The Balaban J connectivity index is -0.000000281. The van der Waals surface area contributed by atoms with Crippen LogP contribution in [0.15, 0.2) is 16.8 Å². The Labute approximate surface area is 153 Å². The zero-order valence-electron chi connectivity index (χ0n) is 12.9. The first kappa shape index (κ1) is 28.7. The quantitative estimate of drug-likeness (QED) is 0.322. The van der Waals surface area contributed by atoms with Crippen molar-refractivity contribution in [2.45, 2.75) is 52.6 Å². The average molecular weight is 411 g/mol. The molecule has 1 aliphatic rings. The van der Waals surface area contributed by atoms with E-state index in [4.69, 9.17) is 0 Å². The SMILES string of the molecule is CC1=[C-]C([SiH]([Si](C)(C)C)[Si](C)(C)C)=CC1.[Cl-].[Cl-].[Cl-].[V+4]. The van der Waals surface area contributed by atoms with Gasteiger partial charge in [-0.25, -0.2) is 11.3 Å². The minimum Gasteiger partial charge on any atom is -1.00 e. The molecule has 0 fully saturated rings. The molecule has 19 heavy (non-hydrogen) atoms. The third-order valence-electron chi connectivity index (χ3n) is 3.03. The predicted molar refractivity (Wildman–Crippen MR) is 79.0 cm³/mol. The Morgan fingerprint density at radius 1 is 0.947 bits per heavy atom. The van der Waals surface area contributed by atoms with Gasteiger partial charge in [-0.1, -0.05) is 52.6 Å². The van der Waals surface area contributed by atoms with Crippen molar-refractivity contribution >= 4 is 23.0 Å². The number of hydrogen-bond donors (Lipinski definition) is 0. The summed E-state index contributed by atoms with van der Waals surface area (Å²) < 4.78 is 0. The van der Waals surface area contributed by atoms with Crippen LogP contribution >= 0.6 is 0 Å². The van der Waals surface area contributed by atoms with Gasteiger partial charge in [0, 0.05) is 23.0 Å². The second-order valence-electron chi connectivity index (χ2n) is 6.93. The Bertz CT molecular complexity index is 303. The van der Waals surface area contributed by atoms with Gasteiger partial charge >= 0.3 is 18.6 Å². The fraction of sp³-hybridized carbons (Fsp3) is 0.667. The molecule has 1 rings (SSSR count). The number of rotatable bonds is 3. The van der Waals surface area contributed by atoms with E-state index in [-0.39, 0.29) is 55.8 Å². The number of halogens is 3. The minimum atomic E-state index is -0.960. The molecular formula is C12H25Cl3Si3V. The molecule has 0 aromatic rings. The first-order chi connectivity index (χ1) is 6.62. The van der Waals surface area contributed by atoms with E-state index in [1.54, 1.807) is 5.20 Å². The largest absolute Gasteiger partial charge is 4.00 e. The van der Waals surface area contributed by atoms with Crippen LogP contribution in [-0.2, 0) is 18.6 Å². The van der Waals surface area contributed by atoms with Gasteiger partial charge in [0.05, 0.1) is 0 Å². The summed E-state index contributed by atoms with van der Waals surface area (Å²) in [6.45, 7) is 17.6. The van der Waals surface area contributed by atoms with Crippen LogP contribution in [0.2, 0.25) is 39.3 Å². The molecule has 0 unspecified atom stereocenters. The molecule has 0 heterocycles. The fourth-order valence-corrected chi connectivity index (χ4v) is 46.2. The molecule has 1 radical (unpaired) electrons. The Kier molecular flexibility index (Phi) is 15.6. The third kappa shape index (κ3) is 8.57. The van der Waals surface area contributed by atoms with Gasteiger partial charge in [0.2, 0.25) is 0 Å². The van der Waals surface area contributed by atoms with Crippen molar-refractivity contribution in [1.29, 1.82) is 0 Å². The molecule has 0 atom stereocenters. The van der Waals surface area contributed by atoms with Crippen LogP contribution < -0.4 is 37.2 Å². The van der Waals surface area contributed by atoms with Crippen LogP contribution in [0.3, 0.4) is 0 Å². The first-order valence-corrected chi connectivity index (χ1v) is 17.1. The Morgan fingerprint density at radius 3 is 1.53 bits per heavy atom. The second kappa shape index (κ2) is 10.3. The summed E-state index contributed by atoms with van der Waals surface area (Å²) in [5.41, 5.74) is 1.46. The summed E-state index contributed by atoms with van der Waals surface area (Å²) in [5.74, 6) is 0. The maximum atomic E-state index is 3.68. The molecule has 0 amide bonds. The number of hydrogen-bond acceptors (Lipinski definition) is 0. The van der Waals surface area contributed by atoms with E-state index < -0.39 is 23.0 Å². The molecule has 0 spiro atoms. The van der Waals surface area contributed by atoms with E-state index in [9.17, 15) is 0 Å². The Morgan fingerprint density at radius 2 is 1.32 bits per heavy atom. The molecule has 0 saturated heterocycles. The summed E-state index contributed by atoms with van der Waals surface area (Å²) in [6.07, 6.45) is 7.34. The molecule has 1 aliphatic carbocycles. The summed E-state index contributed by atoms with van der Waals surface area (Å²) in [4.78, 5) is 0. The molecule has 0 saturated carbocycles. The smallest absolute Gasteiger partial charge is 1.00 e. The molecule has 0 bridgehead atoms. The zero-order valence-corrected chi connectivity index (χ0v) is 19.8. The van der Waals surface area contributed by atoms with Gasteiger partial charge in [-0.3, -0.25) is 6.08 Å². The average Bonchev–Trinajstić information content (AvgIpc) is 2.28. The molecule has 0 aromatic heterocycles. The minimum absolute atomic E-state index is 0. The number of allylic oxidation sites excluding steroid dienone is 4. The fourth-order valence-electron chi connectivity index (χ4n) is 3.03. The monoisotopic (exact) mass is 409 g/mol. The van der Waals surface area contributed by atoms with Crippen molar-refractivity contribution in [3.05, 3.63) is 22.9 Å². The Hall–Kier alpha value is 1.59. The van der Waals surface area contributed by atoms with Crippen LogP contribution in [0.25, 0.3) is 0 Å². The standard InChI is InChI=1S/C12H25Si3.3ClH.V/c1-11-8-9-12(10-11)13(14(2,3)4)15(5,6)7;;;;/h9,13H,8H2,1-7H3;3*1H;/q-1;;;;+4/p-3. The van der Waals surface area contributed by atoms with Crippen LogP contribution in [0.5, 0.6) is 0 Å². The van der Waals surface area contributed by atoms with Gasteiger partial charge in [-0.2, -0.15) is 5.57 Å². The van der Waals surface area contributed by atoms with Crippen LogP contribution in [-0.4, -0.2) is 23.0 Å². The molecular weight excluding hydrogens is 386 g/mol. The summed E-state index contributed by atoms with van der Waals surface area (Å²) in [5, 5.41) is 1.69. The van der Waals surface area contributed by atoms with E-state index in [0.29, 0.717) is 0 Å². The van der Waals surface area contributed by atoms with E-state index in [1.165, 1.54) is 12.0 Å². The van der Waals surface area contributed by atoms with Crippen LogP contribution in [0, 0.1) is 6.08 Å². The summed E-state index contributed by atoms with van der Waals surface area (Å²) in [6, 6.07) is 0. The van der Waals surface area contributed by atoms with Gasteiger partial charge < -0.3 is 37.2 Å². The third-order valence-corrected chi connectivity index (χ3v) is 35.3. The summed E-state index contributed by atoms with van der Waals surface area (Å²) in [7, 11) is -2.61. The van der Waals surface area contributed by atoms with Gasteiger partial charge in [0.25, 0.3) is 0 Å². The molecule has 0 N–H and O–H groups in total. The molecule has 0 nitrogen and oxygen atoms in total. The van der Waals surface area contributed by atoms with Crippen molar-refractivity contribution in [2.24, 2.45) is 0 Å². The van der Waals surface area contributed by atoms with Crippen molar-refractivity contribution in [3.63, 3.8) is 0 Å². The molecule has 0 aromatic carbocycles. The maximum absolute atomic E-state index is 3.68. The van der Waals surface area contributed by atoms with Gasteiger partial charge in [0.15, 0.2) is 0 Å². The van der Waals surface area contributed by atoms with Crippen molar-refractivity contribution in [2.75, 3.05) is 0 Å². The van der Waals surface area contributed by atoms with Crippen molar-refractivity contribution < 1.29 is 55.8 Å². The normalized spacial score (nSPS) is 14.3. The molecule has 111 valence electrons. The van der Waals surface area contributed by atoms with Crippen LogP contribution in [0.4, 0.5) is 0 Å². The van der Waals surface area contributed by atoms with Crippen LogP contribution in [0.1, 0.15) is 13.3 Å². The topological polar surface area (TPSA) is 0 Å². The molecule has 0 aliphatic heterocycles. The van der Waals surface area contributed by atoms with Crippen molar-refractivity contribution in [3.8, 4) is 0 Å².